The van der Waals surface area contributed by atoms with Crippen molar-refractivity contribution in [3.8, 4) is 5.75 Å². The van der Waals surface area contributed by atoms with E-state index in [9.17, 15) is 4.79 Å². The van der Waals surface area contributed by atoms with E-state index >= 15 is 0 Å². The van der Waals surface area contributed by atoms with Gasteiger partial charge in [-0.25, -0.2) is 4.79 Å². The molecule has 0 aromatic heterocycles. The van der Waals surface area contributed by atoms with E-state index in [2.05, 4.69) is 5.32 Å². The van der Waals surface area contributed by atoms with Gasteiger partial charge in [-0.05, 0) is 31.2 Å². The van der Waals surface area contributed by atoms with Crippen molar-refractivity contribution in [3.63, 3.8) is 0 Å². The van der Waals surface area contributed by atoms with E-state index in [1.807, 2.05) is 31.2 Å². The first-order chi connectivity index (χ1) is 7.19. The zero-order valence-corrected chi connectivity index (χ0v) is 9.28. The van der Waals surface area contributed by atoms with Crippen LogP contribution in [0, 0.1) is 0 Å². The van der Waals surface area contributed by atoms with E-state index in [-0.39, 0.29) is 6.03 Å². The third kappa shape index (κ3) is 2.87. The number of anilines is 1. The summed E-state index contributed by atoms with van der Waals surface area (Å²) in [4.78, 5) is 12.8. The summed E-state index contributed by atoms with van der Waals surface area (Å²) >= 11 is 0. The van der Waals surface area contributed by atoms with Crippen molar-refractivity contribution >= 4 is 11.7 Å². The summed E-state index contributed by atoms with van der Waals surface area (Å²) in [5, 5.41) is 2.56. The molecule has 1 aromatic carbocycles. The van der Waals surface area contributed by atoms with E-state index in [1.165, 1.54) is 4.90 Å². The Bertz CT molecular complexity index is 322. The third-order valence-corrected chi connectivity index (χ3v) is 2.05. The zero-order chi connectivity index (χ0) is 11.3. The maximum absolute atomic E-state index is 11.3. The van der Waals surface area contributed by atoms with E-state index in [0.717, 1.165) is 11.4 Å². The Kier molecular flexibility index (Phi) is 3.97. The van der Waals surface area contributed by atoms with Crippen LogP contribution in [0.1, 0.15) is 6.92 Å². The molecule has 82 valence electrons. The number of nitrogens with one attached hydrogen (secondary N) is 1. The molecular formula is C11H16N2O2. The second-order valence-electron chi connectivity index (χ2n) is 3.04. The second kappa shape index (κ2) is 5.24. The van der Waals surface area contributed by atoms with Gasteiger partial charge in [0.05, 0.1) is 6.61 Å². The normalized spacial score (nSPS) is 9.53. The van der Waals surface area contributed by atoms with Crippen LogP contribution in [0.5, 0.6) is 5.75 Å². The molecule has 4 heteroatoms. The van der Waals surface area contributed by atoms with Gasteiger partial charge < -0.3 is 10.1 Å². The summed E-state index contributed by atoms with van der Waals surface area (Å²) in [6, 6.07) is 7.25. The Morgan fingerprint density at radius 2 is 2.00 bits per heavy atom. The molecule has 0 saturated carbocycles. The van der Waals surface area contributed by atoms with Gasteiger partial charge in [-0.3, -0.25) is 4.90 Å². The van der Waals surface area contributed by atoms with Crippen LogP contribution in [0.4, 0.5) is 10.5 Å². The molecular weight excluding hydrogens is 192 g/mol. The van der Waals surface area contributed by atoms with Gasteiger partial charge in [-0.2, -0.15) is 0 Å². The van der Waals surface area contributed by atoms with Gasteiger partial charge in [0.25, 0.3) is 0 Å². The Morgan fingerprint density at radius 1 is 1.40 bits per heavy atom. The number of carbonyl (C=O) groups is 1. The average molecular weight is 208 g/mol. The van der Waals surface area contributed by atoms with Gasteiger partial charge in [-0.15, -0.1) is 0 Å². The van der Waals surface area contributed by atoms with Gasteiger partial charge in [-0.1, -0.05) is 0 Å². The first kappa shape index (κ1) is 11.4. The van der Waals surface area contributed by atoms with Crippen molar-refractivity contribution in [1.82, 2.24) is 5.32 Å². The van der Waals surface area contributed by atoms with Crippen molar-refractivity contribution in [3.05, 3.63) is 24.3 Å². The Balaban J connectivity index is 2.75. The van der Waals surface area contributed by atoms with Crippen molar-refractivity contribution in [2.24, 2.45) is 0 Å². The van der Waals surface area contributed by atoms with Gasteiger partial charge >= 0.3 is 6.03 Å². The molecule has 1 aromatic rings. The minimum atomic E-state index is -0.140. The number of hydrogen-bond donors (Lipinski definition) is 1. The first-order valence-electron chi connectivity index (χ1n) is 4.87. The molecule has 0 atom stereocenters. The van der Waals surface area contributed by atoms with Crippen LogP contribution in [0.3, 0.4) is 0 Å². The summed E-state index contributed by atoms with van der Waals surface area (Å²) in [5.41, 5.74) is 0.831. The predicted molar refractivity (Wildman–Crippen MR) is 60.5 cm³/mol. The van der Waals surface area contributed by atoms with Crippen LogP contribution in [-0.2, 0) is 0 Å². The molecule has 0 saturated heterocycles. The molecule has 2 amide bonds. The fourth-order valence-corrected chi connectivity index (χ4v) is 1.22. The quantitative estimate of drug-likeness (QED) is 0.823. The first-order valence-corrected chi connectivity index (χ1v) is 4.87. The predicted octanol–water partition coefficient (Wildman–Crippen LogP) is 1.86. The highest BCUT2D eigenvalue weighted by atomic mass is 16.5. The lowest BCUT2D eigenvalue weighted by Crippen LogP contribution is -2.34. The molecule has 1 N–H and O–H groups in total. The average Bonchev–Trinajstić information content (AvgIpc) is 2.28. The highest BCUT2D eigenvalue weighted by Crippen LogP contribution is 2.18. The molecule has 1 rings (SSSR count). The minimum absolute atomic E-state index is 0.140. The van der Waals surface area contributed by atoms with Crippen molar-refractivity contribution in [2.75, 3.05) is 25.6 Å². The van der Waals surface area contributed by atoms with E-state index < -0.39 is 0 Å². The summed E-state index contributed by atoms with van der Waals surface area (Å²) in [6.45, 7) is 2.58. The van der Waals surface area contributed by atoms with E-state index in [4.69, 9.17) is 4.74 Å². The Hall–Kier alpha value is -1.71. The molecule has 0 unspecified atom stereocenters. The van der Waals surface area contributed by atoms with Crippen LogP contribution in [0.2, 0.25) is 0 Å². The molecule has 0 aliphatic heterocycles. The smallest absolute Gasteiger partial charge is 0.321 e. The van der Waals surface area contributed by atoms with Crippen LogP contribution in [0.15, 0.2) is 24.3 Å². The lowest BCUT2D eigenvalue weighted by atomic mass is 10.3. The molecule has 15 heavy (non-hydrogen) atoms. The van der Waals surface area contributed by atoms with Gasteiger partial charge in [0.2, 0.25) is 0 Å². The van der Waals surface area contributed by atoms with Crippen LogP contribution in [0.25, 0.3) is 0 Å². The number of ether oxygens (including phenoxy) is 1. The number of carbonyl (C=O) groups excluding carboxylic acids is 1. The summed E-state index contributed by atoms with van der Waals surface area (Å²) < 4.78 is 5.31. The second-order valence-corrected chi connectivity index (χ2v) is 3.04. The van der Waals surface area contributed by atoms with E-state index in [0.29, 0.717) is 6.61 Å². The fraction of sp³-hybridized carbons (Fsp3) is 0.364. The van der Waals surface area contributed by atoms with Crippen LogP contribution in [-0.4, -0.2) is 26.7 Å². The lowest BCUT2D eigenvalue weighted by Gasteiger charge is -2.16. The fourth-order valence-electron chi connectivity index (χ4n) is 1.22. The number of rotatable bonds is 3. The van der Waals surface area contributed by atoms with Gasteiger partial charge in [0.1, 0.15) is 5.75 Å². The topological polar surface area (TPSA) is 41.6 Å². The largest absolute Gasteiger partial charge is 0.494 e. The van der Waals surface area contributed by atoms with Crippen LogP contribution >= 0.6 is 0 Å². The number of nitrogens with zero attached hydrogens (tertiary/aromatic N) is 1. The van der Waals surface area contributed by atoms with Gasteiger partial charge in [0, 0.05) is 19.8 Å². The minimum Gasteiger partial charge on any atom is -0.494 e. The van der Waals surface area contributed by atoms with Crippen molar-refractivity contribution < 1.29 is 9.53 Å². The summed E-state index contributed by atoms with van der Waals surface area (Å²) in [6.07, 6.45) is 0. The SMILES string of the molecule is CCOc1ccc(N(C)C(=O)NC)cc1. The molecule has 4 nitrogen and oxygen atoms in total. The molecule has 0 heterocycles. The summed E-state index contributed by atoms with van der Waals surface area (Å²) in [5.74, 6) is 0.812. The number of urea groups is 1. The van der Waals surface area contributed by atoms with Gasteiger partial charge in [0.15, 0.2) is 0 Å². The number of benzene rings is 1. The standard InChI is InChI=1S/C11H16N2O2/c1-4-15-10-7-5-9(6-8-10)13(3)11(14)12-2/h5-8H,4H2,1-3H3,(H,12,14). The lowest BCUT2D eigenvalue weighted by molar-refractivity contribution is 0.249. The molecule has 0 spiro atoms. The van der Waals surface area contributed by atoms with Crippen molar-refractivity contribution in [2.45, 2.75) is 6.92 Å². The molecule has 0 aliphatic rings. The number of hydrogen-bond acceptors (Lipinski definition) is 2. The highest BCUT2D eigenvalue weighted by molar-refractivity contribution is 5.91. The van der Waals surface area contributed by atoms with E-state index in [1.54, 1.807) is 14.1 Å². The summed E-state index contributed by atoms with van der Waals surface area (Å²) in [7, 11) is 3.32. The Labute approximate surface area is 89.8 Å². The molecule has 0 radical (unpaired) electrons. The molecule has 0 fully saturated rings. The highest BCUT2D eigenvalue weighted by Gasteiger charge is 2.07. The monoisotopic (exact) mass is 208 g/mol. The Morgan fingerprint density at radius 3 is 2.47 bits per heavy atom. The van der Waals surface area contributed by atoms with Crippen molar-refractivity contribution in [1.29, 1.82) is 0 Å². The third-order valence-electron chi connectivity index (χ3n) is 2.05. The molecule has 0 bridgehead atoms. The maximum atomic E-state index is 11.3. The number of amides is 2. The van der Waals surface area contributed by atoms with Crippen LogP contribution < -0.4 is 15.0 Å². The molecule has 0 aliphatic carbocycles. The zero-order valence-electron chi connectivity index (χ0n) is 9.28. The maximum Gasteiger partial charge on any atom is 0.321 e.